The van der Waals surface area contributed by atoms with E-state index >= 15 is 0 Å². The summed E-state index contributed by atoms with van der Waals surface area (Å²) in [5.41, 5.74) is 3.84. The fourth-order valence-electron chi connectivity index (χ4n) is 4.56. The van der Waals surface area contributed by atoms with E-state index in [1.807, 2.05) is 18.5 Å². The Morgan fingerprint density at radius 3 is 2.91 bits per heavy atom. The molecule has 1 aliphatic rings. The number of guanidine groups is 1. The van der Waals surface area contributed by atoms with Crippen LogP contribution in [0.1, 0.15) is 42.5 Å². The molecule has 3 N–H and O–H groups in total. The average molecular weight is 437 g/mol. The topological polar surface area (TPSA) is 86.2 Å². The summed E-state index contributed by atoms with van der Waals surface area (Å²) in [6.45, 7) is 10.9. The average Bonchev–Trinajstić information content (AvgIpc) is 3.50. The molecule has 32 heavy (non-hydrogen) atoms. The van der Waals surface area contributed by atoms with E-state index in [-0.39, 0.29) is 0 Å². The van der Waals surface area contributed by atoms with Crippen LogP contribution in [0.25, 0.3) is 10.9 Å². The molecule has 0 spiro atoms. The van der Waals surface area contributed by atoms with Gasteiger partial charge in [-0.3, -0.25) is 4.90 Å². The predicted octanol–water partition coefficient (Wildman–Crippen LogP) is 2.68. The normalized spacial score (nSPS) is 17.4. The molecule has 172 valence electrons. The van der Waals surface area contributed by atoms with Gasteiger partial charge in [0.15, 0.2) is 11.8 Å². The van der Waals surface area contributed by atoms with Crippen LogP contribution in [0.3, 0.4) is 0 Å². The second-order valence-corrected chi connectivity index (χ2v) is 8.68. The fraction of sp³-hybridized carbons (Fsp3) is 0.542. The van der Waals surface area contributed by atoms with Crippen molar-refractivity contribution in [2.24, 2.45) is 12.0 Å². The third-order valence-corrected chi connectivity index (χ3v) is 6.67. The number of para-hydroxylation sites is 1. The van der Waals surface area contributed by atoms with Gasteiger partial charge in [-0.1, -0.05) is 25.1 Å². The zero-order chi connectivity index (χ0) is 22.5. The van der Waals surface area contributed by atoms with Crippen molar-refractivity contribution in [3.8, 4) is 0 Å². The Labute approximate surface area is 190 Å². The Kier molecular flexibility index (Phi) is 7.09. The lowest BCUT2D eigenvalue weighted by Crippen LogP contribution is -2.45. The summed E-state index contributed by atoms with van der Waals surface area (Å²) >= 11 is 0. The number of nitrogens with zero attached hydrogens (tertiary/aromatic N) is 5. The molecule has 1 aromatic carbocycles. The lowest BCUT2D eigenvalue weighted by molar-refractivity contribution is 0.267. The minimum atomic E-state index is 0.501. The van der Waals surface area contributed by atoms with Gasteiger partial charge in [0.25, 0.3) is 0 Å². The van der Waals surface area contributed by atoms with Crippen LogP contribution in [0.5, 0.6) is 0 Å². The molecular formula is C24H36N8. The molecule has 0 saturated carbocycles. The molecule has 1 saturated heterocycles. The fourth-order valence-corrected chi connectivity index (χ4v) is 4.56. The maximum Gasteiger partial charge on any atom is 0.191 e. The second-order valence-electron chi connectivity index (χ2n) is 8.68. The Morgan fingerprint density at radius 2 is 2.12 bits per heavy atom. The Hall–Kier alpha value is -2.87. The predicted molar refractivity (Wildman–Crippen MR) is 130 cm³/mol. The number of hydrogen-bond donors (Lipinski definition) is 3. The van der Waals surface area contributed by atoms with E-state index in [0.29, 0.717) is 12.6 Å². The number of H-pyrrole nitrogens is 1. The summed E-state index contributed by atoms with van der Waals surface area (Å²) in [6.07, 6.45) is 5.57. The molecular weight excluding hydrogens is 400 g/mol. The number of likely N-dealkylation sites (N-methyl/N-ethyl adjacent to an activating group) is 1. The van der Waals surface area contributed by atoms with Gasteiger partial charge in [-0.2, -0.15) is 0 Å². The minimum absolute atomic E-state index is 0.501. The molecule has 3 aromatic rings. The van der Waals surface area contributed by atoms with Crippen LogP contribution in [0.4, 0.5) is 0 Å². The lowest BCUT2D eigenvalue weighted by Gasteiger charge is -2.24. The number of likely N-dealkylation sites (tertiary alicyclic amines) is 1. The summed E-state index contributed by atoms with van der Waals surface area (Å²) in [6, 6.07) is 7.03. The van der Waals surface area contributed by atoms with Crippen molar-refractivity contribution in [1.82, 2.24) is 35.3 Å². The van der Waals surface area contributed by atoms with Crippen LogP contribution in [-0.2, 0) is 20.0 Å². The first-order valence-electron chi connectivity index (χ1n) is 11.7. The van der Waals surface area contributed by atoms with E-state index in [1.54, 1.807) is 0 Å². The Bertz CT molecular complexity index is 1060. The highest BCUT2D eigenvalue weighted by Gasteiger charge is 2.22. The van der Waals surface area contributed by atoms with Gasteiger partial charge in [0.1, 0.15) is 12.4 Å². The first-order chi connectivity index (χ1) is 15.6. The summed E-state index contributed by atoms with van der Waals surface area (Å²) in [4.78, 5) is 10.8. The molecule has 1 atom stereocenters. The Morgan fingerprint density at radius 1 is 1.25 bits per heavy atom. The van der Waals surface area contributed by atoms with Crippen LogP contribution in [-0.4, -0.2) is 62.8 Å². The zero-order valence-corrected chi connectivity index (χ0v) is 19.8. The van der Waals surface area contributed by atoms with Crippen LogP contribution in [0.15, 0.2) is 29.4 Å². The molecule has 4 rings (SSSR count). The molecule has 0 amide bonds. The highest BCUT2D eigenvalue weighted by atomic mass is 15.3. The monoisotopic (exact) mass is 436 g/mol. The summed E-state index contributed by atoms with van der Waals surface area (Å²) in [7, 11) is 1.98. The minimum Gasteiger partial charge on any atom is -0.361 e. The molecule has 2 aromatic heterocycles. The van der Waals surface area contributed by atoms with Gasteiger partial charge in [0.2, 0.25) is 0 Å². The van der Waals surface area contributed by atoms with Crippen LogP contribution in [0, 0.1) is 13.8 Å². The first-order valence-corrected chi connectivity index (χ1v) is 11.7. The van der Waals surface area contributed by atoms with Crippen molar-refractivity contribution in [3.05, 3.63) is 47.2 Å². The number of nitrogens with one attached hydrogen (secondary N) is 3. The SMILES string of the molecule is CCN1CCCC1CNC(=NCc1nnc(C)n1C)NCCc1c[nH]c2c(C)cccc12. The number of fused-ring (bicyclic) bond motifs is 1. The quantitative estimate of drug-likeness (QED) is 0.373. The number of rotatable bonds is 8. The van der Waals surface area contributed by atoms with Crippen LogP contribution < -0.4 is 10.6 Å². The van der Waals surface area contributed by atoms with Gasteiger partial charge in [-0.25, -0.2) is 4.99 Å². The molecule has 1 unspecified atom stereocenters. The standard InChI is InChI=1S/C24H36N8/c1-5-32-13-7-9-20(32)15-27-24(28-16-22-30-29-18(3)31(22)4)25-12-11-19-14-26-23-17(2)8-6-10-21(19)23/h6,8,10,14,20,26H,5,7,9,11-13,15-16H2,1-4H3,(H2,25,27,28). The van der Waals surface area contributed by atoms with Crippen molar-refractivity contribution < 1.29 is 0 Å². The molecule has 8 nitrogen and oxygen atoms in total. The number of aromatic nitrogens is 4. The lowest BCUT2D eigenvalue weighted by atomic mass is 10.1. The van der Waals surface area contributed by atoms with Gasteiger partial charge in [-0.05, 0) is 57.3 Å². The van der Waals surface area contributed by atoms with Gasteiger partial charge < -0.3 is 20.2 Å². The molecule has 1 aliphatic heterocycles. The highest BCUT2D eigenvalue weighted by Crippen LogP contribution is 2.21. The van der Waals surface area contributed by atoms with Crippen molar-refractivity contribution in [1.29, 1.82) is 0 Å². The number of aliphatic imine (C=N–C) groups is 1. The summed E-state index contributed by atoms with van der Waals surface area (Å²) in [5.74, 6) is 2.60. The van der Waals surface area contributed by atoms with E-state index in [0.717, 1.165) is 43.7 Å². The number of hydrogen-bond acceptors (Lipinski definition) is 4. The van der Waals surface area contributed by atoms with E-state index in [2.05, 4.69) is 69.0 Å². The van der Waals surface area contributed by atoms with Crippen LogP contribution >= 0.6 is 0 Å². The van der Waals surface area contributed by atoms with E-state index in [9.17, 15) is 0 Å². The zero-order valence-electron chi connectivity index (χ0n) is 19.8. The van der Waals surface area contributed by atoms with Gasteiger partial charge >= 0.3 is 0 Å². The Balaban J connectivity index is 1.41. The van der Waals surface area contributed by atoms with Gasteiger partial charge in [-0.15, -0.1) is 10.2 Å². The molecule has 0 aliphatic carbocycles. The van der Waals surface area contributed by atoms with E-state index in [1.165, 1.54) is 41.4 Å². The summed E-state index contributed by atoms with van der Waals surface area (Å²) < 4.78 is 1.99. The summed E-state index contributed by atoms with van der Waals surface area (Å²) in [5, 5.41) is 16.8. The van der Waals surface area contributed by atoms with E-state index in [4.69, 9.17) is 4.99 Å². The van der Waals surface area contributed by atoms with E-state index < -0.39 is 0 Å². The molecule has 0 bridgehead atoms. The third kappa shape index (κ3) is 4.96. The maximum absolute atomic E-state index is 4.82. The van der Waals surface area contributed by atoms with Crippen molar-refractivity contribution in [3.63, 3.8) is 0 Å². The highest BCUT2D eigenvalue weighted by molar-refractivity contribution is 5.86. The van der Waals surface area contributed by atoms with Crippen molar-refractivity contribution in [2.75, 3.05) is 26.2 Å². The first kappa shape index (κ1) is 22.3. The van der Waals surface area contributed by atoms with Gasteiger partial charge in [0, 0.05) is 43.3 Å². The third-order valence-electron chi connectivity index (χ3n) is 6.67. The smallest absolute Gasteiger partial charge is 0.191 e. The van der Waals surface area contributed by atoms with Crippen LogP contribution in [0.2, 0.25) is 0 Å². The van der Waals surface area contributed by atoms with Crippen molar-refractivity contribution >= 4 is 16.9 Å². The molecule has 8 heteroatoms. The largest absolute Gasteiger partial charge is 0.361 e. The second kappa shape index (κ2) is 10.2. The maximum atomic E-state index is 4.82. The van der Waals surface area contributed by atoms with Gasteiger partial charge in [0.05, 0.1) is 0 Å². The number of benzene rings is 1. The molecule has 0 radical (unpaired) electrons. The van der Waals surface area contributed by atoms with Crippen molar-refractivity contribution in [2.45, 2.75) is 52.6 Å². The molecule has 3 heterocycles. The number of aromatic amines is 1. The molecule has 1 fully saturated rings. The number of aryl methyl sites for hydroxylation is 2.